The Kier molecular flexibility index (Phi) is 5.78. The minimum absolute atomic E-state index is 0.00735. The van der Waals surface area contributed by atoms with Crippen LogP contribution < -0.4 is 10.2 Å². The number of hydrogen-bond donors (Lipinski definition) is 1. The Morgan fingerprint density at radius 1 is 1.32 bits per heavy atom. The quantitative estimate of drug-likeness (QED) is 0.797. The summed E-state index contributed by atoms with van der Waals surface area (Å²) >= 11 is 0. The molecule has 0 aromatic heterocycles. The van der Waals surface area contributed by atoms with E-state index < -0.39 is 5.82 Å². The summed E-state index contributed by atoms with van der Waals surface area (Å²) < 4.78 is 14.1. The van der Waals surface area contributed by atoms with Gasteiger partial charge in [-0.25, -0.2) is 4.39 Å². The number of nitriles is 2. The Labute approximate surface area is 113 Å². The van der Waals surface area contributed by atoms with Gasteiger partial charge in [-0.15, -0.1) is 0 Å². The second kappa shape index (κ2) is 7.35. The molecule has 0 radical (unpaired) electrons. The Morgan fingerprint density at radius 3 is 2.42 bits per heavy atom. The summed E-state index contributed by atoms with van der Waals surface area (Å²) in [6.07, 6.45) is 0. The molecular formula is C14H17FN4. The number of halogens is 1. The van der Waals surface area contributed by atoms with Crippen molar-refractivity contribution < 1.29 is 4.39 Å². The monoisotopic (exact) mass is 260 g/mol. The van der Waals surface area contributed by atoms with Crippen LogP contribution in [0.15, 0.2) is 18.2 Å². The summed E-state index contributed by atoms with van der Waals surface area (Å²) in [5.74, 6) is -0.409. The Morgan fingerprint density at radius 2 is 1.95 bits per heavy atom. The fourth-order valence-electron chi connectivity index (χ4n) is 1.87. The van der Waals surface area contributed by atoms with Crippen LogP contribution in [-0.2, 0) is 0 Å². The molecule has 0 fully saturated rings. The van der Waals surface area contributed by atoms with Crippen molar-refractivity contribution in [1.29, 1.82) is 10.5 Å². The maximum Gasteiger partial charge on any atom is 0.146 e. The molecule has 0 bridgehead atoms. The van der Waals surface area contributed by atoms with Crippen LogP contribution >= 0.6 is 0 Å². The molecule has 4 nitrogen and oxygen atoms in total. The average molecular weight is 260 g/mol. The van der Waals surface area contributed by atoms with E-state index in [4.69, 9.17) is 10.5 Å². The lowest BCUT2D eigenvalue weighted by molar-refractivity contribution is 0.582. The predicted molar refractivity (Wildman–Crippen MR) is 71.9 cm³/mol. The zero-order valence-corrected chi connectivity index (χ0v) is 11.2. The molecule has 0 saturated carbocycles. The molecule has 5 heteroatoms. The summed E-state index contributed by atoms with van der Waals surface area (Å²) in [5.41, 5.74) is 1.13. The fraction of sp³-hybridized carbons (Fsp3) is 0.429. The zero-order chi connectivity index (χ0) is 14.3. The molecule has 1 atom stereocenters. The molecule has 0 aliphatic rings. The van der Waals surface area contributed by atoms with Crippen molar-refractivity contribution in [2.75, 3.05) is 24.5 Å². The molecule has 1 aromatic rings. The highest BCUT2D eigenvalue weighted by Gasteiger charge is 2.13. The van der Waals surface area contributed by atoms with E-state index in [2.05, 4.69) is 5.32 Å². The van der Waals surface area contributed by atoms with Gasteiger partial charge in [0, 0.05) is 6.04 Å². The number of nitrogens with zero attached hydrogens (tertiary/aromatic N) is 3. The lowest BCUT2D eigenvalue weighted by Gasteiger charge is -2.20. The van der Waals surface area contributed by atoms with Gasteiger partial charge in [-0.05, 0) is 31.2 Å². The summed E-state index contributed by atoms with van der Waals surface area (Å²) in [7, 11) is 0. The third kappa shape index (κ3) is 3.94. The highest BCUT2D eigenvalue weighted by molar-refractivity contribution is 5.51. The second-order valence-corrected chi connectivity index (χ2v) is 4.16. The van der Waals surface area contributed by atoms with Crippen molar-refractivity contribution >= 4 is 5.69 Å². The van der Waals surface area contributed by atoms with Crippen LogP contribution in [0.3, 0.4) is 0 Å². The minimum atomic E-state index is -0.409. The largest absolute Gasteiger partial charge is 0.343 e. The molecule has 100 valence electrons. The molecule has 1 unspecified atom stereocenters. The van der Waals surface area contributed by atoms with Crippen LogP contribution in [0.2, 0.25) is 0 Å². The molecular weight excluding hydrogens is 243 g/mol. The van der Waals surface area contributed by atoms with Crippen molar-refractivity contribution in [3.63, 3.8) is 0 Å². The summed E-state index contributed by atoms with van der Waals surface area (Å²) in [6.45, 7) is 4.74. The van der Waals surface area contributed by atoms with Crippen molar-refractivity contribution in [3.05, 3.63) is 29.6 Å². The van der Waals surface area contributed by atoms with E-state index in [0.29, 0.717) is 0 Å². The van der Waals surface area contributed by atoms with Crippen LogP contribution in [0.1, 0.15) is 25.5 Å². The van der Waals surface area contributed by atoms with E-state index in [9.17, 15) is 4.39 Å². The first-order valence-corrected chi connectivity index (χ1v) is 6.15. The van der Waals surface area contributed by atoms with Crippen molar-refractivity contribution in [2.45, 2.75) is 19.9 Å². The molecule has 0 heterocycles. The van der Waals surface area contributed by atoms with Gasteiger partial charge in [0.15, 0.2) is 0 Å². The third-order valence-electron chi connectivity index (χ3n) is 2.85. The number of hydrogen-bond acceptors (Lipinski definition) is 4. The average Bonchev–Trinajstić information content (AvgIpc) is 2.39. The molecule has 0 aliphatic carbocycles. The van der Waals surface area contributed by atoms with Crippen molar-refractivity contribution in [2.24, 2.45) is 0 Å². The molecule has 0 amide bonds. The van der Waals surface area contributed by atoms with Gasteiger partial charge in [0.2, 0.25) is 0 Å². The molecule has 0 aliphatic heterocycles. The van der Waals surface area contributed by atoms with E-state index in [-0.39, 0.29) is 24.8 Å². The van der Waals surface area contributed by atoms with Gasteiger partial charge < -0.3 is 10.2 Å². The van der Waals surface area contributed by atoms with E-state index >= 15 is 0 Å². The molecule has 1 rings (SSSR count). The fourth-order valence-corrected chi connectivity index (χ4v) is 1.87. The van der Waals surface area contributed by atoms with Crippen LogP contribution in [-0.4, -0.2) is 19.6 Å². The van der Waals surface area contributed by atoms with Crippen LogP contribution in [0.4, 0.5) is 10.1 Å². The third-order valence-corrected chi connectivity index (χ3v) is 2.85. The van der Waals surface area contributed by atoms with E-state index in [1.165, 1.54) is 11.0 Å². The standard InChI is InChI=1S/C14H17FN4/c1-3-18-11(2)12-4-5-14(13(15)10-12)19(8-6-16)9-7-17/h4-5,10-11,18H,3,8-9H2,1-2H3. The minimum Gasteiger partial charge on any atom is -0.343 e. The zero-order valence-electron chi connectivity index (χ0n) is 11.2. The van der Waals surface area contributed by atoms with Gasteiger partial charge in [0.1, 0.15) is 18.9 Å². The van der Waals surface area contributed by atoms with Crippen LogP contribution in [0.5, 0.6) is 0 Å². The van der Waals surface area contributed by atoms with Gasteiger partial charge >= 0.3 is 0 Å². The first kappa shape index (κ1) is 14.9. The Balaban J connectivity index is 2.99. The maximum atomic E-state index is 14.1. The van der Waals surface area contributed by atoms with E-state index in [1.807, 2.05) is 32.1 Å². The predicted octanol–water partition coefficient (Wildman–Crippen LogP) is 2.35. The SMILES string of the molecule is CCNC(C)c1ccc(N(CC#N)CC#N)c(F)c1. The highest BCUT2D eigenvalue weighted by Crippen LogP contribution is 2.23. The molecule has 19 heavy (non-hydrogen) atoms. The second-order valence-electron chi connectivity index (χ2n) is 4.16. The molecule has 0 spiro atoms. The van der Waals surface area contributed by atoms with E-state index in [1.54, 1.807) is 6.07 Å². The Bertz CT molecular complexity index is 485. The summed E-state index contributed by atoms with van der Waals surface area (Å²) in [4.78, 5) is 1.41. The number of anilines is 1. The van der Waals surface area contributed by atoms with Crippen molar-refractivity contribution in [3.8, 4) is 12.1 Å². The van der Waals surface area contributed by atoms with Gasteiger partial charge in [0.05, 0.1) is 17.8 Å². The molecule has 0 saturated heterocycles. The van der Waals surface area contributed by atoms with E-state index in [0.717, 1.165) is 12.1 Å². The highest BCUT2D eigenvalue weighted by atomic mass is 19.1. The number of rotatable bonds is 6. The first-order chi connectivity index (χ1) is 9.13. The Hall–Kier alpha value is -2.11. The van der Waals surface area contributed by atoms with Crippen LogP contribution in [0.25, 0.3) is 0 Å². The van der Waals surface area contributed by atoms with Crippen LogP contribution in [0, 0.1) is 28.5 Å². The summed E-state index contributed by atoms with van der Waals surface area (Å²) in [5, 5.41) is 20.6. The van der Waals surface area contributed by atoms with Gasteiger partial charge in [0.25, 0.3) is 0 Å². The first-order valence-electron chi connectivity index (χ1n) is 6.15. The van der Waals surface area contributed by atoms with Gasteiger partial charge in [-0.3, -0.25) is 0 Å². The summed E-state index contributed by atoms with van der Waals surface area (Å²) in [6, 6.07) is 8.81. The lowest BCUT2D eigenvalue weighted by atomic mass is 10.1. The number of benzene rings is 1. The van der Waals surface area contributed by atoms with Gasteiger partial charge in [-0.1, -0.05) is 13.0 Å². The molecule has 1 N–H and O–H groups in total. The normalized spacial score (nSPS) is 11.4. The maximum absolute atomic E-state index is 14.1. The number of nitrogens with one attached hydrogen (secondary N) is 1. The van der Waals surface area contributed by atoms with Gasteiger partial charge in [-0.2, -0.15) is 10.5 Å². The smallest absolute Gasteiger partial charge is 0.146 e. The van der Waals surface area contributed by atoms with Crippen molar-refractivity contribution in [1.82, 2.24) is 5.32 Å². The topological polar surface area (TPSA) is 62.9 Å². The molecule has 1 aromatic carbocycles. The lowest BCUT2D eigenvalue weighted by Crippen LogP contribution is -2.25.